The van der Waals surface area contributed by atoms with E-state index in [9.17, 15) is 14.4 Å². The monoisotopic (exact) mass is 434 g/mol. The van der Waals surface area contributed by atoms with E-state index in [1.165, 1.54) is 6.92 Å². The van der Waals surface area contributed by atoms with Crippen LogP contribution in [0.2, 0.25) is 5.02 Å². The van der Waals surface area contributed by atoms with Gasteiger partial charge in [-0.1, -0.05) is 34.5 Å². The largest absolute Gasteiger partial charge is 0.426 e. The quantitative estimate of drug-likeness (QED) is 0.299. The van der Waals surface area contributed by atoms with Crippen molar-refractivity contribution in [1.82, 2.24) is 0 Å². The number of hydrogen-bond donors (Lipinski definition) is 0. The number of carbonyl (C=O) groups is 3. The maximum Gasteiger partial charge on any atom is 0.322 e. The van der Waals surface area contributed by atoms with Crippen LogP contribution in [-0.4, -0.2) is 17.5 Å². The minimum Gasteiger partial charge on any atom is -0.426 e. The predicted molar refractivity (Wildman–Crippen MR) is 102 cm³/mol. The van der Waals surface area contributed by atoms with E-state index >= 15 is 0 Å². The Morgan fingerprint density at radius 1 is 1.15 bits per heavy atom. The van der Waals surface area contributed by atoms with Crippen LogP contribution in [0.4, 0.5) is 0 Å². The zero-order valence-electron chi connectivity index (χ0n) is 14.2. The summed E-state index contributed by atoms with van der Waals surface area (Å²) in [4.78, 5) is 37.6. The van der Waals surface area contributed by atoms with Crippen LogP contribution >= 0.6 is 27.5 Å². The lowest BCUT2D eigenvalue weighted by molar-refractivity contribution is -0.146. The molecule has 0 aromatic heterocycles. The summed E-state index contributed by atoms with van der Waals surface area (Å²) >= 11 is 9.29. The molecule has 26 heavy (non-hydrogen) atoms. The molecule has 134 valence electrons. The lowest BCUT2D eigenvalue weighted by Crippen LogP contribution is -2.40. The van der Waals surface area contributed by atoms with Crippen LogP contribution < -0.4 is 4.74 Å². The predicted octanol–water partition coefficient (Wildman–Crippen LogP) is 4.83. The third-order valence-corrected chi connectivity index (χ3v) is 5.42. The van der Waals surface area contributed by atoms with Crippen molar-refractivity contribution in [3.63, 3.8) is 0 Å². The summed E-state index contributed by atoms with van der Waals surface area (Å²) in [6.45, 7) is 3.09. The zero-order chi connectivity index (χ0) is 19.0. The molecule has 1 heterocycles. The first-order valence-corrected chi connectivity index (χ1v) is 9.28. The molecule has 0 radical (unpaired) electrons. The molecule has 0 spiro atoms. The van der Waals surface area contributed by atoms with Gasteiger partial charge in [-0.25, -0.2) is 0 Å². The van der Waals surface area contributed by atoms with Gasteiger partial charge < -0.3 is 4.74 Å². The summed E-state index contributed by atoms with van der Waals surface area (Å²) in [6, 6.07) is 11.8. The van der Waals surface area contributed by atoms with Crippen LogP contribution in [-0.2, 0) is 9.59 Å². The van der Waals surface area contributed by atoms with Gasteiger partial charge in [0.15, 0.2) is 5.78 Å². The number of halogens is 2. The minimum absolute atomic E-state index is 0.154. The molecule has 0 unspecified atom stereocenters. The Hall–Kier alpha value is -1.98. The van der Waals surface area contributed by atoms with Crippen LogP contribution in [0.3, 0.4) is 0 Å². The fourth-order valence-corrected chi connectivity index (χ4v) is 3.89. The maximum atomic E-state index is 13.0. The molecule has 0 amide bonds. The van der Waals surface area contributed by atoms with E-state index in [0.29, 0.717) is 21.9 Å². The molecule has 4 nitrogen and oxygen atoms in total. The Morgan fingerprint density at radius 2 is 1.81 bits per heavy atom. The van der Waals surface area contributed by atoms with Gasteiger partial charge in [-0.2, -0.15) is 0 Å². The highest BCUT2D eigenvalue weighted by atomic mass is 79.9. The summed E-state index contributed by atoms with van der Waals surface area (Å²) in [5, 5.41) is 0.534. The molecule has 3 rings (SSSR count). The van der Waals surface area contributed by atoms with Crippen LogP contribution in [0.5, 0.6) is 5.75 Å². The number of rotatable bonds is 4. The molecule has 0 saturated carbocycles. The van der Waals surface area contributed by atoms with Crippen molar-refractivity contribution in [2.24, 2.45) is 11.8 Å². The molecule has 0 aliphatic carbocycles. The molecule has 1 aliphatic rings. The number of ether oxygens (including phenoxy) is 1. The third kappa shape index (κ3) is 3.46. The van der Waals surface area contributed by atoms with Crippen molar-refractivity contribution >= 4 is 45.1 Å². The minimum atomic E-state index is -1.01. The first-order valence-electron chi connectivity index (χ1n) is 8.11. The molecule has 0 fully saturated rings. The topological polar surface area (TPSA) is 60.4 Å². The first kappa shape index (κ1) is 18.8. The standard InChI is InChI=1S/C20H16BrClO4/c1-10(19(24)12-3-6-14(22)7-4-12)17-15-9-13(21)5-8-16(15)26-20(25)18(17)11(2)23/h3-10,17-18H,1-2H3/t10-,17-,18-/m1/s1. The second kappa shape index (κ2) is 7.33. The normalized spacial score (nSPS) is 20.1. The molecule has 1 aliphatic heterocycles. The van der Waals surface area contributed by atoms with E-state index in [1.807, 2.05) is 0 Å². The zero-order valence-corrected chi connectivity index (χ0v) is 16.5. The highest BCUT2D eigenvalue weighted by Gasteiger charge is 2.45. The highest BCUT2D eigenvalue weighted by Crippen LogP contribution is 2.44. The lowest BCUT2D eigenvalue weighted by Gasteiger charge is -2.34. The van der Waals surface area contributed by atoms with Gasteiger partial charge in [0.2, 0.25) is 0 Å². The van der Waals surface area contributed by atoms with Gasteiger partial charge >= 0.3 is 5.97 Å². The number of Topliss-reactive ketones (excluding diaryl/α,β-unsaturated/α-hetero) is 2. The average Bonchev–Trinajstić information content (AvgIpc) is 2.60. The number of fused-ring (bicyclic) bond motifs is 1. The summed E-state index contributed by atoms with van der Waals surface area (Å²) in [7, 11) is 0. The number of hydrogen-bond acceptors (Lipinski definition) is 4. The molecule has 2 aromatic rings. The van der Waals surface area contributed by atoms with Crippen LogP contribution in [0, 0.1) is 11.8 Å². The van der Waals surface area contributed by atoms with Gasteiger partial charge in [-0.3, -0.25) is 14.4 Å². The van der Waals surface area contributed by atoms with Crippen LogP contribution in [0.1, 0.15) is 35.7 Å². The molecule has 3 atom stereocenters. The van der Waals surface area contributed by atoms with Crippen LogP contribution in [0.25, 0.3) is 0 Å². The van der Waals surface area contributed by atoms with E-state index in [4.69, 9.17) is 16.3 Å². The van der Waals surface area contributed by atoms with Crippen molar-refractivity contribution in [3.05, 3.63) is 63.1 Å². The van der Waals surface area contributed by atoms with Gasteiger partial charge in [0.1, 0.15) is 17.5 Å². The Kier molecular flexibility index (Phi) is 5.30. The Morgan fingerprint density at radius 3 is 2.42 bits per heavy atom. The smallest absolute Gasteiger partial charge is 0.322 e. The molecule has 6 heteroatoms. The van der Waals surface area contributed by atoms with E-state index in [-0.39, 0.29) is 11.6 Å². The van der Waals surface area contributed by atoms with Crippen molar-refractivity contribution in [2.75, 3.05) is 0 Å². The van der Waals surface area contributed by atoms with Gasteiger partial charge in [0.05, 0.1) is 0 Å². The Labute approximate surface area is 164 Å². The van der Waals surface area contributed by atoms with Crippen LogP contribution in [0.15, 0.2) is 46.9 Å². The van der Waals surface area contributed by atoms with Crippen molar-refractivity contribution in [2.45, 2.75) is 19.8 Å². The molecule has 0 saturated heterocycles. The van der Waals surface area contributed by atoms with E-state index < -0.39 is 23.7 Å². The van der Waals surface area contributed by atoms with Gasteiger partial charge in [-0.05, 0) is 49.4 Å². The fraction of sp³-hybridized carbons (Fsp3) is 0.250. The molecular formula is C20H16BrClO4. The van der Waals surface area contributed by atoms with E-state index in [0.717, 1.165) is 4.47 Å². The fourth-order valence-electron chi connectivity index (χ4n) is 3.39. The summed E-state index contributed by atoms with van der Waals surface area (Å²) in [5.74, 6) is -2.90. The van der Waals surface area contributed by atoms with E-state index in [1.54, 1.807) is 49.4 Å². The first-order chi connectivity index (χ1) is 12.3. The van der Waals surface area contributed by atoms with Gasteiger partial charge in [0.25, 0.3) is 0 Å². The van der Waals surface area contributed by atoms with Crippen molar-refractivity contribution < 1.29 is 19.1 Å². The SMILES string of the molecule is CC(=O)[C@H]1C(=O)Oc2ccc(Br)cc2[C@H]1[C@@H](C)C(=O)c1ccc(Cl)cc1. The number of carbonyl (C=O) groups excluding carboxylic acids is 3. The summed E-state index contributed by atoms with van der Waals surface area (Å²) < 4.78 is 6.12. The van der Waals surface area contributed by atoms with E-state index in [2.05, 4.69) is 15.9 Å². The third-order valence-electron chi connectivity index (χ3n) is 4.67. The summed E-state index contributed by atoms with van der Waals surface area (Å²) in [5.41, 5.74) is 1.16. The lowest BCUT2D eigenvalue weighted by atomic mass is 9.72. The average molecular weight is 436 g/mol. The molecule has 0 N–H and O–H groups in total. The van der Waals surface area contributed by atoms with Crippen molar-refractivity contribution in [1.29, 1.82) is 0 Å². The number of ketones is 2. The molecular weight excluding hydrogens is 420 g/mol. The summed E-state index contributed by atoms with van der Waals surface area (Å²) in [6.07, 6.45) is 0. The molecule has 0 bridgehead atoms. The molecule has 2 aromatic carbocycles. The van der Waals surface area contributed by atoms with Gasteiger partial charge in [0, 0.05) is 32.5 Å². The highest BCUT2D eigenvalue weighted by molar-refractivity contribution is 9.10. The Balaban J connectivity index is 2.07. The second-order valence-corrected chi connectivity index (χ2v) is 7.73. The van der Waals surface area contributed by atoms with Crippen molar-refractivity contribution in [3.8, 4) is 5.75 Å². The number of esters is 1. The second-order valence-electron chi connectivity index (χ2n) is 6.38. The maximum absolute atomic E-state index is 13.0. The Bertz CT molecular complexity index is 891. The van der Waals surface area contributed by atoms with Gasteiger partial charge in [-0.15, -0.1) is 0 Å². The number of benzene rings is 2.